The van der Waals surface area contributed by atoms with E-state index in [1.807, 2.05) is 0 Å². The Balaban J connectivity index is 3.40. The summed E-state index contributed by atoms with van der Waals surface area (Å²) in [7, 11) is -4.33. The van der Waals surface area contributed by atoms with Crippen molar-refractivity contribution in [3.8, 4) is 0 Å². The fraction of sp³-hybridized carbons (Fsp3) is 1.00. The maximum absolute atomic E-state index is 9.95. The van der Waals surface area contributed by atoms with Crippen LogP contribution in [0.4, 0.5) is 0 Å². The lowest BCUT2D eigenvalue weighted by Crippen LogP contribution is -2.21. The lowest BCUT2D eigenvalue weighted by atomic mass is 10.4. The molecule has 0 unspecified atom stereocenters. The van der Waals surface area contributed by atoms with Crippen LogP contribution >= 0.6 is 7.82 Å². The van der Waals surface area contributed by atoms with E-state index in [0.29, 0.717) is 0 Å². The van der Waals surface area contributed by atoms with Gasteiger partial charge in [0.1, 0.15) is 0 Å². The minimum Gasteiger partial charge on any atom is -0.302 e. The van der Waals surface area contributed by atoms with Gasteiger partial charge in [-0.2, -0.15) is 10.1 Å². The molecule has 9 heavy (non-hydrogen) atoms. The van der Waals surface area contributed by atoms with Crippen LogP contribution in [0, 0.1) is 0 Å². The first-order chi connectivity index (χ1) is 3.92. The molecule has 0 spiro atoms. The zero-order valence-electron chi connectivity index (χ0n) is 5.24. The summed E-state index contributed by atoms with van der Waals surface area (Å²) in [6.07, 6.45) is 0. The van der Waals surface area contributed by atoms with Crippen molar-refractivity contribution >= 4 is 7.82 Å². The largest absolute Gasteiger partial charge is 0.486 e. The Morgan fingerprint density at radius 3 is 2.11 bits per heavy atom. The van der Waals surface area contributed by atoms with Crippen LogP contribution < -0.4 is 5.48 Å². The van der Waals surface area contributed by atoms with Gasteiger partial charge in [0.05, 0.1) is 0 Å². The molecule has 0 heterocycles. The van der Waals surface area contributed by atoms with E-state index in [-0.39, 0.29) is 6.04 Å². The Morgan fingerprint density at radius 2 is 2.00 bits per heavy atom. The van der Waals surface area contributed by atoms with Gasteiger partial charge in [0.25, 0.3) is 0 Å². The van der Waals surface area contributed by atoms with Crippen molar-refractivity contribution in [2.45, 2.75) is 19.9 Å². The fourth-order valence-electron chi connectivity index (χ4n) is 0.174. The average Bonchev–Trinajstić information content (AvgIpc) is 1.59. The summed E-state index contributed by atoms with van der Waals surface area (Å²) < 4.78 is 13.9. The molecule has 0 aliphatic heterocycles. The molecule has 0 saturated carbocycles. The Bertz CT molecular complexity index is 119. The maximum Gasteiger partial charge on any atom is 0.486 e. The first kappa shape index (κ1) is 9.07. The predicted octanol–water partition coefficient (Wildman–Crippen LogP) is 0.00870. The Labute approximate surface area is 53.2 Å². The molecule has 0 aromatic rings. The number of hydroxylamine groups is 1. The molecule has 0 saturated heterocycles. The monoisotopic (exact) mass is 155 g/mol. The zero-order chi connectivity index (χ0) is 7.49. The summed E-state index contributed by atoms with van der Waals surface area (Å²) in [6.45, 7) is 3.41. The van der Waals surface area contributed by atoms with Crippen LogP contribution in [-0.2, 0) is 9.19 Å². The van der Waals surface area contributed by atoms with Crippen molar-refractivity contribution in [2.75, 3.05) is 0 Å². The molecular formula is C3H10NO4P. The third-order valence-electron chi connectivity index (χ3n) is 0.407. The molecule has 0 radical (unpaired) electrons. The van der Waals surface area contributed by atoms with Crippen molar-refractivity contribution < 1.29 is 19.0 Å². The molecule has 0 aromatic heterocycles. The van der Waals surface area contributed by atoms with E-state index in [4.69, 9.17) is 9.79 Å². The van der Waals surface area contributed by atoms with Gasteiger partial charge in [0.2, 0.25) is 0 Å². The third kappa shape index (κ3) is 8.07. The number of phosphoric acid groups is 1. The second-order valence-corrected chi connectivity index (χ2v) is 3.02. The standard InChI is InChI=1S/C3H10NO4P/c1-3(2)4-8-9(5,6)7/h3-4H,1-2H3,(H2,5,6,7). The molecule has 3 N–H and O–H groups in total. The summed E-state index contributed by atoms with van der Waals surface area (Å²) in [6, 6.07) is -0.0994. The molecule has 56 valence electrons. The Hall–Kier alpha value is 0.0700. The quantitative estimate of drug-likeness (QED) is 0.395. The highest BCUT2D eigenvalue weighted by molar-refractivity contribution is 7.46. The highest BCUT2D eigenvalue weighted by Crippen LogP contribution is 2.33. The number of rotatable bonds is 3. The lowest BCUT2D eigenvalue weighted by Gasteiger charge is -2.07. The van der Waals surface area contributed by atoms with Crippen LogP contribution in [0.15, 0.2) is 0 Å². The highest BCUT2D eigenvalue weighted by atomic mass is 31.2. The SMILES string of the molecule is CC(C)NOP(=O)(O)O. The summed E-state index contributed by atoms with van der Waals surface area (Å²) in [5, 5.41) is 0. The van der Waals surface area contributed by atoms with Gasteiger partial charge in [-0.1, -0.05) is 0 Å². The second kappa shape index (κ2) is 3.29. The fourth-order valence-corrected chi connectivity index (χ4v) is 0.522. The zero-order valence-corrected chi connectivity index (χ0v) is 6.13. The van der Waals surface area contributed by atoms with Gasteiger partial charge >= 0.3 is 7.82 Å². The van der Waals surface area contributed by atoms with Crippen LogP contribution in [0.1, 0.15) is 13.8 Å². The van der Waals surface area contributed by atoms with E-state index < -0.39 is 7.82 Å². The van der Waals surface area contributed by atoms with Crippen molar-refractivity contribution in [1.82, 2.24) is 5.48 Å². The van der Waals surface area contributed by atoms with Gasteiger partial charge in [-0.15, -0.1) is 0 Å². The van der Waals surface area contributed by atoms with Gasteiger partial charge in [0.15, 0.2) is 0 Å². The van der Waals surface area contributed by atoms with Crippen molar-refractivity contribution in [3.05, 3.63) is 0 Å². The molecule has 0 atom stereocenters. The smallest absolute Gasteiger partial charge is 0.302 e. The molecule has 0 bridgehead atoms. The summed E-state index contributed by atoms with van der Waals surface area (Å²) in [5.74, 6) is 0. The van der Waals surface area contributed by atoms with Gasteiger partial charge in [0, 0.05) is 6.04 Å². The van der Waals surface area contributed by atoms with Crippen LogP contribution in [-0.4, -0.2) is 15.8 Å². The first-order valence-electron chi connectivity index (χ1n) is 2.41. The first-order valence-corrected chi connectivity index (χ1v) is 3.94. The van der Waals surface area contributed by atoms with E-state index >= 15 is 0 Å². The number of hydrogen-bond donors (Lipinski definition) is 3. The molecule has 0 aromatic carbocycles. The minimum atomic E-state index is -4.33. The molecule has 0 amide bonds. The highest BCUT2D eigenvalue weighted by Gasteiger charge is 2.13. The minimum absolute atomic E-state index is 0.0994. The van der Waals surface area contributed by atoms with Gasteiger partial charge in [-0.25, -0.2) is 4.57 Å². The van der Waals surface area contributed by atoms with Crippen LogP contribution in [0.5, 0.6) is 0 Å². The molecule has 0 aliphatic rings. The van der Waals surface area contributed by atoms with Gasteiger partial charge in [-0.05, 0) is 13.8 Å². The lowest BCUT2D eigenvalue weighted by molar-refractivity contribution is 0.107. The van der Waals surface area contributed by atoms with Crippen LogP contribution in [0.2, 0.25) is 0 Å². The third-order valence-corrected chi connectivity index (χ3v) is 0.751. The number of nitrogens with one attached hydrogen (secondary N) is 1. The molecule has 0 aliphatic carbocycles. The van der Waals surface area contributed by atoms with E-state index in [2.05, 4.69) is 10.1 Å². The van der Waals surface area contributed by atoms with E-state index in [1.54, 1.807) is 13.8 Å². The summed E-state index contributed by atoms with van der Waals surface area (Å²) >= 11 is 0. The summed E-state index contributed by atoms with van der Waals surface area (Å²) in [4.78, 5) is 16.2. The Kier molecular flexibility index (Phi) is 3.32. The topological polar surface area (TPSA) is 78.8 Å². The van der Waals surface area contributed by atoms with E-state index in [9.17, 15) is 4.57 Å². The second-order valence-electron chi connectivity index (χ2n) is 1.85. The molecular weight excluding hydrogens is 145 g/mol. The van der Waals surface area contributed by atoms with E-state index in [0.717, 1.165) is 0 Å². The molecule has 0 rings (SSSR count). The molecule has 0 fully saturated rings. The van der Waals surface area contributed by atoms with Gasteiger partial charge in [-0.3, -0.25) is 0 Å². The van der Waals surface area contributed by atoms with Gasteiger partial charge < -0.3 is 9.79 Å². The van der Waals surface area contributed by atoms with Crippen molar-refractivity contribution in [1.29, 1.82) is 0 Å². The summed E-state index contributed by atoms with van der Waals surface area (Å²) in [5.41, 5.74) is 2.12. The average molecular weight is 155 g/mol. The normalized spacial score (nSPS) is 12.6. The molecule has 5 nitrogen and oxygen atoms in total. The molecule has 6 heteroatoms. The predicted molar refractivity (Wildman–Crippen MR) is 31.4 cm³/mol. The Morgan fingerprint density at radius 1 is 1.56 bits per heavy atom. The van der Waals surface area contributed by atoms with Crippen molar-refractivity contribution in [3.63, 3.8) is 0 Å². The van der Waals surface area contributed by atoms with Crippen LogP contribution in [0.25, 0.3) is 0 Å². The van der Waals surface area contributed by atoms with Crippen molar-refractivity contribution in [2.24, 2.45) is 0 Å². The van der Waals surface area contributed by atoms with Crippen LogP contribution in [0.3, 0.4) is 0 Å². The van der Waals surface area contributed by atoms with E-state index in [1.165, 1.54) is 0 Å². The maximum atomic E-state index is 9.95. The number of hydrogen-bond acceptors (Lipinski definition) is 3.